The zero-order chi connectivity index (χ0) is 16.1. The molecule has 23 heavy (non-hydrogen) atoms. The van der Waals surface area contributed by atoms with Crippen molar-refractivity contribution in [2.75, 3.05) is 6.26 Å². The van der Waals surface area contributed by atoms with Gasteiger partial charge in [0.15, 0.2) is 16.8 Å². The van der Waals surface area contributed by atoms with Crippen LogP contribution in [0.3, 0.4) is 0 Å². The lowest BCUT2D eigenvalue weighted by molar-refractivity contribution is -0.111. The van der Waals surface area contributed by atoms with Gasteiger partial charge in [-0.2, -0.15) is 0 Å². The van der Waals surface area contributed by atoms with Crippen LogP contribution in [0.5, 0.6) is 0 Å². The second-order valence-corrected chi connectivity index (χ2v) is 5.96. The molecule has 0 aliphatic carbocycles. The molecular formula is C19H17NO2S. The molecule has 116 valence electrons. The summed E-state index contributed by atoms with van der Waals surface area (Å²) in [5.41, 5.74) is 2.82. The van der Waals surface area contributed by atoms with E-state index in [4.69, 9.17) is 4.42 Å². The first-order chi connectivity index (χ1) is 11.3. The lowest BCUT2D eigenvalue weighted by Gasteiger charge is -2.00. The molecule has 3 rings (SSSR count). The van der Waals surface area contributed by atoms with Crippen LogP contribution < -0.4 is 0 Å². The molecule has 2 aromatic carbocycles. The van der Waals surface area contributed by atoms with Crippen LogP contribution in [0.1, 0.15) is 12.3 Å². The number of nitrogens with zero attached hydrogens (tertiary/aromatic N) is 1. The van der Waals surface area contributed by atoms with E-state index >= 15 is 0 Å². The van der Waals surface area contributed by atoms with Gasteiger partial charge in [-0.25, -0.2) is 4.98 Å². The predicted molar refractivity (Wildman–Crippen MR) is 94.2 cm³/mol. The van der Waals surface area contributed by atoms with Crippen molar-refractivity contribution in [1.29, 1.82) is 0 Å². The third-order valence-corrected chi connectivity index (χ3v) is 4.18. The minimum absolute atomic E-state index is 0.144. The molecule has 1 heterocycles. The predicted octanol–water partition coefficient (Wildman–Crippen LogP) is 4.83. The monoisotopic (exact) mass is 323 g/mol. The van der Waals surface area contributed by atoms with E-state index in [0.29, 0.717) is 18.7 Å². The Bertz CT molecular complexity index is 725. The van der Waals surface area contributed by atoms with Crippen LogP contribution >= 0.6 is 11.8 Å². The highest BCUT2D eigenvalue weighted by Gasteiger charge is 2.17. The van der Waals surface area contributed by atoms with Crippen molar-refractivity contribution < 1.29 is 9.21 Å². The summed E-state index contributed by atoms with van der Waals surface area (Å²) in [6, 6.07) is 19.9. The van der Waals surface area contributed by atoms with Crippen molar-refractivity contribution in [3.05, 3.63) is 66.6 Å². The number of thioether (sulfide) groups is 1. The number of carbonyl (C=O) groups excluding carboxylic acids is 1. The van der Waals surface area contributed by atoms with E-state index in [1.165, 1.54) is 11.8 Å². The van der Waals surface area contributed by atoms with Gasteiger partial charge in [0.05, 0.1) is 0 Å². The fraction of sp³-hybridized carbons (Fsp3) is 0.158. The van der Waals surface area contributed by atoms with Crippen LogP contribution in [-0.2, 0) is 11.2 Å². The molecule has 0 spiro atoms. The van der Waals surface area contributed by atoms with Crippen molar-refractivity contribution in [3.63, 3.8) is 0 Å². The SMILES string of the molecule is CSC(=O)CCc1nc(-c2ccccc2)c(-c2ccccc2)o1. The number of aromatic nitrogens is 1. The first-order valence-electron chi connectivity index (χ1n) is 7.45. The largest absolute Gasteiger partial charge is 0.440 e. The molecule has 0 saturated carbocycles. The molecule has 0 bridgehead atoms. The molecular weight excluding hydrogens is 306 g/mol. The van der Waals surface area contributed by atoms with Crippen molar-refractivity contribution >= 4 is 16.9 Å². The van der Waals surface area contributed by atoms with Gasteiger partial charge in [-0.1, -0.05) is 72.4 Å². The lowest BCUT2D eigenvalue weighted by atomic mass is 10.1. The normalized spacial score (nSPS) is 10.7. The molecule has 0 aliphatic heterocycles. The molecule has 0 atom stereocenters. The third kappa shape index (κ3) is 3.71. The van der Waals surface area contributed by atoms with Gasteiger partial charge < -0.3 is 4.42 Å². The summed E-state index contributed by atoms with van der Waals surface area (Å²) in [7, 11) is 0. The maximum absolute atomic E-state index is 11.5. The lowest BCUT2D eigenvalue weighted by Crippen LogP contribution is -1.94. The molecule has 3 aromatic rings. The summed E-state index contributed by atoms with van der Waals surface area (Å²) in [6.45, 7) is 0. The Morgan fingerprint density at radius 2 is 1.61 bits per heavy atom. The highest BCUT2D eigenvalue weighted by atomic mass is 32.2. The van der Waals surface area contributed by atoms with E-state index in [9.17, 15) is 4.79 Å². The van der Waals surface area contributed by atoms with Crippen LogP contribution in [0.25, 0.3) is 22.6 Å². The van der Waals surface area contributed by atoms with Gasteiger partial charge in [0.2, 0.25) is 0 Å². The zero-order valence-corrected chi connectivity index (χ0v) is 13.7. The van der Waals surface area contributed by atoms with Gasteiger partial charge in [0, 0.05) is 24.0 Å². The number of benzene rings is 2. The van der Waals surface area contributed by atoms with Gasteiger partial charge >= 0.3 is 0 Å². The van der Waals surface area contributed by atoms with Crippen molar-refractivity contribution in [3.8, 4) is 22.6 Å². The molecule has 1 aromatic heterocycles. The quantitative estimate of drug-likeness (QED) is 0.674. The Morgan fingerprint density at radius 1 is 1.00 bits per heavy atom. The molecule has 0 aliphatic rings. The van der Waals surface area contributed by atoms with E-state index in [2.05, 4.69) is 4.98 Å². The summed E-state index contributed by atoms with van der Waals surface area (Å²) >= 11 is 1.24. The van der Waals surface area contributed by atoms with Gasteiger partial charge in [-0.3, -0.25) is 4.79 Å². The maximum Gasteiger partial charge on any atom is 0.196 e. The second kappa shape index (κ2) is 7.29. The fourth-order valence-electron chi connectivity index (χ4n) is 2.36. The van der Waals surface area contributed by atoms with Crippen LogP contribution in [0, 0.1) is 0 Å². The number of rotatable bonds is 5. The first kappa shape index (κ1) is 15.6. The van der Waals surface area contributed by atoms with Crippen LogP contribution in [-0.4, -0.2) is 16.4 Å². The minimum atomic E-state index is 0.144. The Labute approximate surface area is 139 Å². The average Bonchev–Trinajstić information content (AvgIpc) is 3.05. The van der Waals surface area contributed by atoms with E-state index < -0.39 is 0 Å². The second-order valence-electron chi connectivity index (χ2n) is 5.09. The van der Waals surface area contributed by atoms with Crippen LogP contribution in [0.4, 0.5) is 0 Å². The fourth-order valence-corrected chi connectivity index (χ4v) is 2.67. The van der Waals surface area contributed by atoms with Crippen LogP contribution in [0.2, 0.25) is 0 Å². The first-order valence-corrected chi connectivity index (χ1v) is 8.68. The average molecular weight is 323 g/mol. The summed E-state index contributed by atoms with van der Waals surface area (Å²) in [6.07, 6.45) is 2.75. The molecule has 0 N–H and O–H groups in total. The van der Waals surface area contributed by atoms with Crippen molar-refractivity contribution in [2.24, 2.45) is 0 Å². The summed E-state index contributed by atoms with van der Waals surface area (Å²) in [5, 5.41) is 0.144. The molecule has 0 unspecified atom stereocenters. The number of oxazole rings is 1. The van der Waals surface area contributed by atoms with E-state index in [1.807, 2.05) is 60.7 Å². The molecule has 0 saturated heterocycles. The molecule has 0 radical (unpaired) electrons. The third-order valence-electron chi connectivity index (χ3n) is 3.53. The summed E-state index contributed by atoms with van der Waals surface area (Å²) < 4.78 is 5.98. The highest BCUT2D eigenvalue weighted by molar-refractivity contribution is 8.13. The van der Waals surface area contributed by atoms with E-state index in [1.54, 1.807) is 6.26 Å². The topological polar surface area (TPSA) is 43.1 Å². The van der Waals surface area contributed by atoms with E-state index in [0.717, 1.165) is 22.6 Å². The van der Waals surface area contributed by atoms with Gasteiger partial charge in [0.25, 0.3) is 0 Å². The number of hydrogen-bond acceptors (Lipinski definition) is 4. The molecule has 0 amide bonds. The zero-order valence-electron chi connectivity index (χ0n) is 12.9. The number of carbonyl (C=O) groups is 1. The maximum atomic E-state index is 11.5. The van der Waals surface area contributed by atoms with Gasteiger partial charge in [-0.15, -0.1) is 0 Å². The standard InChI is InChI=1S/C19H17NO2S/c1-23-17(21)13-12-16-20-18(14-8-4-2-5-9-14)19(22-16)15-10-6-3-7-11-15/h2-11H,12-13H2,1H3. The number of aryl methyl sites for hydroxylation is 1. The van der Waals surface area contributed by atoms with Crippen molar-refractivity contribution in [1.82, 2.24) is 4.98 Å². The smallest absolute Gasteiger partial charge is 0.196 e. The Balaban J connectivity index is 1.99. The molecule has 3 nitrogen and oxygen atoms in total. The van der Waals surface area contributed by atoms with Gasteiger partial charge in [0.1, 0.15) is 5.69 Å². The number of hydrogen-bond donors (Lipinski definition) is 0. The highest BCUT2D eigenvalue weighted by Crippen LogP contribution is 2.32. The van der Waals surface area contributed by atoms with Crippen LogP contribution in [0.15, 0.2) is 65.1 Å². The Morgan fingerprint density at radius 3 is 2.22 bits per heavy atom. The Kier molecular flexibility index (Phi) is 4.93. The van der Waals surface area contributed by atoms with E-state index in [-0.39, 0.29) is 5.12 Å². The molecule has 4 heteroatoms. The minimum Gasteiger partial charge on any atom is -0.440 e. The molecule has 0 fully saturated rings. The summed E-state index contributed by atoms with van der Waals surface area (Å²) in [4.78, 5) is 16.1. The summed E-state index contributed by atoms with van der Waals surface area (Å²) in [5.74, 6) is 1.36. The van der Waals surface area contributed by atoms with Crippen molar-refractivity contribution in [2.45, 2.75) is 12.8 Å². The Hall–Kier alpha value is -2.33. The van der Waals surface area contributed by atoms with Gasteiger partial charge in [-0.05, 0) is 6.26 Å².